The maximum Gasteiger partial charge on any atom is 0.326 e. The van der Waals surface area contributed by atoms with Gasteiger partial charge >= 0.3 is 5.97 Å². The van der Waals surface area contributed by atoms with E-state index in [9.17, 15) is 28.2 Å². The Kier molecular flexibility index (Phi) is 9.18. The van der Waals surface area contributed by atoms with Crippen LogP contribution in [-0.2, 0) is 32.3 Å². The highest BCUT2D eigenvalue weighted by atomic mass is 32.2. The van der Waals surface area contributed by atoms with Gasteiger partial charge in [0.05, 0.1) is 16.4 Å². The highest BCUT2D eigenvalue weighted by Gasteiger charge is 2.36. The molecule has 8 nitrogen and oxygen atoms in total. The fourth-order valence-electron chi connectivity index (χ4n) is 3.49. The Balaban J connectivity index is 2.34. The minimum absolute atomic E-state index is 0.0378. The van der Waals surface area contributed by atoms with Gasteiger partial charge in [-0.2, -0.15) is 0 Å². The molecule has 0 spiro atoms. The molecule has 0 bridgehead atoms. The average molecular weight is 520 g/mol. The molecule has 1 unspecified atom stereocenters. The number of hydrogen-bond donors (Lipinski definition) is 3. The molecular weight excluding hydrogens is 482 g/mol. The summed E-state index contributed by atoms with van der Waals surface area (Å²) >= 11 is 0. The van der Waals surface area contributed by atoms with Crippen LogP contribution in [0.25, 0.3) is 0 Å². The van der Waals surface area contributed by atoms with Gasteiger partial charge in [0.1, 0.15) is 23.1 Å². The lowest BCUT2D eigenvalue weighted by atomic mass is 9.98. The molecule has 9 heteroatoms. The van der Waals surface area contributed by atoms with Crippen LogP contribution in [0.1, 0.15) is 52.7 Å². The van der Waals surface area contributed by atoms with E-state index in [1.807, 2.05) is 26.8 Å². The lowest BCUT2D eigenvalue weighted by Crippen LogP contribution is -2.48. The van der Waals surface area contributed by atoms with Crippen molar-refractivity contribution in [3.05, 3.63) is 59.7 Å². The number of benzene rings is 2. The van der Waals surface area contributed by atoms with Crippen molar-refractivity contribution in [3.8, 4) is 11.5 Å². The number of carbonyl (C=O) groups excluding carboxylic acids is 1. The smallest absolute Gasteiger partial charge is 0.326 e. The molecule has 2 aromatic carbocycles. The number of carboxylic acid groups (broad SMARTS) is 1. The molecule has 36 heavy (non-hydrogen) atoms. The number of ether oxygens (including phenoxy) is 1. The van der Waals surface area contributed by atoms with Crippen LogP contribution in [0.4, 0.5) is 0 Å². The van der Waals surface area contributed by atoms with Crippen molar-refractivity contribution < 1.29 is 33.0 Å². The number of amides is 1. The molecule has 0 aliphatic heterocycles. The van der Waals surface area contributed by atoms with Crippen molar-refractivity contribution >= 4 is 21.7 Å². The molecule has 0 saturated carbocycles. The summed E-state index contributed by atoms with van der Waals surface area (Å²) < 4.78 is 30.7. The number of carboxylic acids is 1. The van der Waals surface area contributed by atoms with Crippen LogP contribution in [0, 0.1) is 5.92 Å². The Morgan fingerprint density at radius 2 is 1.58 bits per heavy atom. The molecule has 2 atom stereocenters. The number of carbonyl (C=O) groups is 2. The number of aliphatic carboxylic acids is 1. The minimum atomic E-state index is -3.66. The first-order chi connectivity index (χ1) is 16.5. The number of aromatic hydroxyl groups is 1. The summed E-state index contributed by atoms with van der Waals surface area (Å²) in [6.45, 7) is 10.2. The average Bonchev–Trinajstić information content (AvgIpc) is 2.73. The van der Waals surface area contributed by atoms with E-state index in [2.05, 4.69) is 5.32 Å². The third kappa shape index (κ3) is 8.55. The number of nitrogens with one attached hydrogen (secondary N) is 1. The fraction of sp³-hybridized carbons (Fsp3) is 0.481. The zero-order valence-corrected chi connectivity index (χ0v) is 22.6. The van der Waals surface area contributed by atoms with Gasteiger partial charge in [0.2, 0.25) is 5.91 Å². The summed E-state index contributed by atoms with van der Waals surface area (Å²) in [6.07, 6.45) is 0.0305. The first-order valence-corrected chi connectivity index (χ1v) is 13.4. The summed E-state index contributed by atoms with van der Waals surface area (Å²) in [7, 11) is -3.66. The molecule has 198 valence electrons. The molecule has 2 rings (SSSR count). The molecule has 1 amide bonds. The van der Waals surface area contributed by atoms with Crippen LogP contribution in [0.2, 0.25) is 0 Å². The number of rotatable bonds is 10. The summed E-state index contributed by atoms with van der Waals surface area (Å²) in [5, 5.41) is 22.3. The number of phenolic OH excluding ortho intramolecular Hbond substituents is 1. The van der Waals surface area contributed by atoms with E-state index in [4.69, 9.17) is 4.74 Å². The minimum Gasteiger partial charge on any atom is -0.508 e. The first-order valence-electron chi connectivity index (χ1n) is 11.8. The van der Waals surface area contributed by atoms with Crippen molar-refractivity contribution in [2.24, 2.45) is 5.92 Å². The molecule has 3 N–H and O–H groups in total. The topological polar surface area (TPSA) is 130 Å². The monoisotopic (exact) mass is 519 g/mol. The summed E-state index contributed by atoms with van der Waals surface area (Å²) in [5.41, 5.74) is 0.650. The van der Waals surface area contributed by atoms with Crippen LogP contribution in [0.15, 0.2) is 48.5 Å². The molecule has 0 heterocycles. The Labute approximate surface area is 213 Å². The molecule has 0 aromatic heterocycles. The van der Waals surface area contributed by atoms with Gasteiger partial charge in [0, 0.05) is 12.5 Å². The molecule has 0 aliphatic rings. The van der Waals surface area contributed by atoms with Crippen LogP contribution < -0.4 is 10.1 Å². The van der Waals surface area contributed by atoms with E-state index in [0.717, 1.165) is 5.56 Å². The van der Waals surface area contributed by atoms with Gasteiger partial charge in [-0.3, -0.25) is 4.79 Å². The van der Waals surface area contributed by atoms with E-state index in [1.165, 1.54) is 12.1 Å². The van der Waals surface area contributed by atoms with E-state index >= 15 is 0 Å². The largest absolute Gasteiger partial charge is 0.508 e. The molecule has 0 aliphatic carbocycles. The van der Waals surface area contributed by atoms with E-state index in [1.54, 1.807) is 51.1 Å². The van der Waals surface area contributed by atoms with E-state index < -0.39 is 49.8 Å². The summed E-state index contributed by atoms with van der Waals surface area (Å²) in [6, 6.07) is 12.0. The van der Waals surface area contributed by atoms with Crippen LogP contribution in [0.5, 0.6) is 11.5 Å². The van der Waals surface area contributed by atoms with Crippen molar-refractivity contribution in [2.75, 3.05) is 5.75 Å². The molecule has 0 fully saturated rings. The van der Waals surface area contributed by atoms with Crippen molar-refractivity contribution in [2.45, 2.75) is 70.8 Å². The van der Waals surface area contributed by atoms with Crippen molar-refractivity contribution in [1.29, 1.82) is 0 Å². The normalized spacial score (nSPS) is 14.1. The number of phenols is 1. The number of hydrogen-bond acceptors (Lipinski definition) is 6. The zero-order valence-electron chi connectivity index (χ0n) is 21.7. The van der Waals surface area contributed by atoms with E-state index in [0.29, 0.717) is 11.3 Å². The van der Waals surface area contributed by atoms with Gasteiger partial charge < -0.3 is 20.3 Å². The Bertz CT molecular complexity index is 1160. The zero-order chi connectivity index (χ0) is 27.3. The predicted molar refractivity (Wildman–Crippen MR) is 139 cm³/mol. The first kappa shape index (κ1) is 29.2. The van der Waals surface area contributed by atoms with Crippen LogP contribution >= 0.6 is 0 Å². The summed E-state index contributed by atoms with van der Waals surface area (Å²) in [5.74, 6) is -3.06. The van der Waals surface area contributed by atoms with Gasteiger partial charge in [-0.05, 0) is 65.2 Å². The lowest BCUT2D eigenvalue weighted by molar-refractivity contribution is -0.142. The molecule has 0 radical (unpaired) electrons. The molecule has 2 aromatic rings. The van der Waals surface area contributed by atoms with Gasteiger partial charge in [-0.15, -0.1) is 0 Å². The quantitative estimate of drug-likeness (QED) is 0.436. The second-order valence-electron chi connectivity index (χ2n) is 10.9. The maximum atomic E-state index is 13.3. The van der Waals surface area contributed by atoms with Crippen LogP contribution in [0.3, 0.4) is 0 Å². The highest BCUT2D eigenvalue weighted by molar-refractivity contribution is 7.92. The van der Waals surface area contributed by atoms with Crippen molar-refractivity contribution in [3.63, 3.8) is 0 Å². The lowest BCUT2D eigenvalue weighted by Gasteiger charge is -2.26. The number of sulfone groups is 1. The Morgan fingerprint density at radius 1 is 0.972 bits per heavy atom. The Morgan fingerprint density at radius 3 is 2.11 bits per heavy atom. The van der Waals surface area contributed by atoms with Gasteiger partial charge in [-0.25, -0.2) is 13.2 Å². The second kappa shape index (κ2) is 11.3. The Hall–Kier alpha value is -3.07. The van der Waals surface area contributed by atoms with Gasteiger partial charge in [0.25, 0.3) is 0 Å². The third-order valence-electron chi connectivity index (χ3n) is 5.55. The standard InChI is InChI=1S/C27H37NO7S/c1-26(2,3)35-23-16-21(29)13-12-19(23)15-22(25(31)32)28-24(30)20(14-18-10-8-7-9-11-18)17-36(33,34)27(4,5)6/h7-13,16,20,22,29H,14-15,17H2,1-6H3,(H,28,30)(H,31,32)/t20?,22-/m0/s1. The highest BCUT2D eigenvalue weighted by Crippen LogP contribution is 2.29. The van der Waals surface area contributed by atoms with Crippen molar-refractivity contribution in [1.82, 2.24) is 5.32 Å². The predicted octanol–water partition coefficient (Wildman–Crippen LogP) is 3.75. The molecule has 0 saturated heterocycles. The maximum absolute atomic E-state index is 13.3. The van der Waals surface area contributed by atoms with Gasteiger partial charge in [0.15, 0.2) is 9.84 Å². The SMILES string of the molecule is CC(C)(C)Oc1cc(O)ccc1C[C@H](NC(=O)C(Cc1ccccc1)CS(=O)(=O)C(C)(C)C)C(=O)O. The van der Waals surface area contributed by atoms with Crippen LogP contribution in [-0.4, -0.2) is 52.7 Å². The van der Waals surface area contributed by atoms with E-state index in [-0.39, 0.29) is 18.6 Å². The summed E-state index contributed by atoms with van der Waals surface area (Å²) in [4.78, 5) is 25.4. The van der Waals surface area contributed by atoms with Gasteiger partial charge in [-0.1, -0.05) is 36.4 Å². The third-order valence-corrected chi connectivity index (χ3v) is 8.26. The second-order valence-corrected chi connectivity index (χ2v) is 13.7. The fourth-order valence-corrected chi connectivity index (χ4v) is 4.79. The molecular formula is C27H37NO7S.